The van der Waals surface area contributed by atoms with Gasteiger partial charge in [0.25, 0.3) is 0 Å². The summed E-state index contributed by atoms with van der Waals surface area (Å²) >= 11 is 0. The van der Waals surface area contributed by atoms with Gasteiger partial charge in [0.15, 0.2) is 0 Å². The Morgan fingerprint density at radius 2 is 1.86 bits per heavy atom. The van der Waals surface area contributed by atoms with Crippen LogP contribution >= 0.6 is 0 Å². The molecular formula is C18H22N2O. The quantitative estimate of drug-likeness (QED) is 0.900. The fourth-order valence-electron chi connectivity index (χ4n) is 2.77. The molecule has 1 aliphatic rings. The molecule has 1 heterocycles. The zero-order valence-electron chi connectivity index (χ0n) is 12.5. The lowest BCUT2D eigenvalue weighted by atomic mass is 10.2. The van der Waals surface area contributed by atoms with Gasteiger partial charge in [-0.05, 0) is 48.7 Å². The van der Waals surface area contributed by atoms with Crippen molar-refractivity contribution in [2.75, 3.05) is 30.4 Å². The van der Waals surface area contributed by atoms with Gasteiger partial charge in [-0.2, -0.15) is 0 Å². The van der Waals surface area contributed by atoms with Crippen LogP contribution in [0.25, 0.3) is 0 Å². The van der Waals surface area contributed by atoms with Crippen molar-refractivity contribution >= 4 is 11.4 Å². The summed E-state index contributed by atoms with van der Waals surface area (Å²) in [6.45, 7) is 3.17. The first-order valence-corrected chi connectivity index (χ1v) is 7.57. The van der Waals surface area contributed by atoms with Crippen molar-refractivity contribution in [1.82, 2.24) is 0 Å². The molecule has 2 aromatic rings. The average molecular weight is 282 g/mol. The summed E-state index contributed by atoms with van der Waals surface area (Å²) < 4.78 is 5.26. The second-order valence-electron chi connectivity index (χ2n) is 5.45. The van der Waals surface area contributed by atoms with Crippen LogP contribution in [0.3, 0.4) is 0 Å². The largest absolute Gasteiger partial charge is 0.497 e. The third-order valence-electron chi connectivity index (χ3n) is 3.95. The summed E-state index contributed by atoms with van der Waals surface area (Å²) in [7, 11) is 1.70. The van der Waals surface area contributed by atoms with E-state index in [2.05, 4.69) is 46.6 Å². The van der Waals surface area contributed by atoms with E-state index in [-0.39, 0.29) is 0 Å². The van der Waals surface area contributed by atoms with Crippen LogP contribution in [0.1, 0.15) is 18.4 Å². The molecule has 1 aliphatic heterocycles. The maximum Gasteiger partial charge on any atom is 0.119 e. The highest BCUT2D eigenvalue weighted by atomic mass is 16.5. The topological polar surface area (TPSA) is 24.5 Å². The van der Waals surface area contributed by atoms with Gasteiger partial charge in [0.05, 0.1) is 7.11 Å². The number of nitrogens with zero attached hydrogens (tertiary/aromatic N) is 1. The number of anilines is 2. The van der Waals surface area contributed by atoms with E-state index in [0.717, 1.165) is 12.3 Å². The van der Waals surface area contributed by atoms with Gasteiger partial charge in [0.2, 0.25) is 0 Å². The molecule has 3 nitrogen and oxygen atoms in total. The summed E-state index contributed by atoms with van der Waals surface area (Å²) in [4.78, 5) is 2.46. The van der Waals surface area contributed by atoms with Crippen LogP contribution in [0, 0.1) is 0 Å². The number of nitrogens with one attached hydrogen (secondary N) is 1. The van der Waals surface area contributed by atoms with Crippen LogP contribution in [0.5, 0.6) is 5.75 Å². The number of rotatable bonds is 5. The Morgan fingerprint density at radius 1 is 1.05 bits per heavy atom. The Balaban J connectivity index is 1.65. The van der Waals surface area contributed by atoms with Crippen molar-refractivity contribution in [2.24, 2.45) is 0 Å². The lowest BCUT2D eigenvalue weighted by molar-refractivity contribution is 0.414. The smallest absolute Gasteiger partial charge is 0.119 e. The van der Waals surface area contributed by atoms with Gasteiger partial charge in [-0.1, -0.05) is 18.2 Å². The molecule has 3 rings (SSSR count). The molecular weight excluding hydrogens is 260 g/mol. The minimum Gasteiger partial charge on any atom is -0.497 e. The van der Waals surface area contributed by atoms with E-state index in [1.54, 1.807) is 7.11 Å². The first-order valence-electron chi connectivity index (χ1n) is 7.57. The molecule has 1 saturated heterocycles. The van der Waals surface area contributed by atoms with Crippen molar-refractivity contribution in [3.8, 4) is 5.75 Å². The summed E-state index contributed by atoms with van der Waals surface area (Å²) in [5, 5.41) is 3.49. The summed E-state index contributed by atoms with van der Waals surface area (Å²) in [5.74, 6) is 0.903. The lowest BCUT2D eigenvalue weighted by Gasteiger charge is -2.18. The highest BCUT2D eigenvalue weighted by molar-refractivity contribution is 5.58. The minimum atomic E-state index is 0.806. The van der Waals surface area contributed by atoms with E-state index in [1.165, 1.54) is 42.9 Å². The van der Waals surface area contributed by atoms with E-state index >= 15 is 0 Å². The fraction of sp³-hybridized carbons (Fsp3) is 0.333. The zero-order valence-corrected chi connectivity index (χ0v) is 12.5. The molecule has 0 saturated carbocycles. The molecule has 2 aromatic carbocycles. The number of methoxy groups -OCH3 is 1. The lowest BCUT2D eigenvalue weighted by Crippen LogP contribution is -2.17. The molecule has 0 amide bonds. The second-order valence-corrected chi connectivity index (χ2v) is 5.45. The molecule has 0 radical (unpaired) electrons. The third kappa shape index (κ3) is 3.48. The molecule has 0 aliphatic carbocycles. The molecule has 110 valence electrons. The number of ether oxygens (including phenoxy) is 1. The van der Waals surface area contributed by atoms with Gasteiger partial charge in [0, 0.05) is 31.0 Å². The van der Waals surface area contributed by atoms with Crippen molar-refractivity contribution in [3.05, 3.63) is 54.1 Å². The molecule has 21 heavy (non-hydrogen) atoms. The molecule has 0 aromatic heterocycles. The van der Waals surface area contributed by atoms with Crippen LogP contribution in [-0.4, -0.2) is 20.2 Å². The standard InChI is InChI=1S/C18H22N2O/c1-21-18-9-4-6-15(12-18)14-19-16-7-5-8-17(13-16)20-10-2-3-11-20/h4-9,12-13,19H,2-3,10-11,14H2,1H3. The predicted octanol–water partition coefficient (Wildman–Crippen LogP) is 3.91. The van der Waals surface area contributed by atoms with Crippen molar-refractivity contribution in [1.29, 1.82) is 0 Å². The molecule has 3 heteroatoms. The molecule has 0 atom stereocenters. The van der Waals surface area contributed by atoms with Crippen LogP contribution in [0.2, 0.25) is 0 Å². The summed E-state index contributed by atoms with van der Waals surface area (Å²) in [6.07, 6.45) is 2.61. The first kappa shape index (κ1) is 13.8. The monoisotopic (exact) mass is 282 g/mol. The number of benzene rings is 2. The maximum absolute atomic E-state index is 5.26. The molecule has 0 bridgehead atoms. The fourth-order valence-corrected chi connectivity index (χ4v) is 2.77. The van der Waals surface area contributed by atoms with Crippen LogP contribution in [0.15, 0.2) is 48.5 Å². The van der Waals surface area contributed by atoms with E-state index in [0.29, 0.717) is 0 Å². The third-order valence-corrected chi connectivity index (χ3v) is 3.95. The van der Waals surface area contributed by atoms with E-state index in [9.17, 15) is 0 Å². The normalized spacial score (nSPS) is 14.2. The average Bonchev–Trinajstić information content (AvgIpc) is 3.08. The van der Waals surface area contributed by atoms with Gasteiger partial charge < -0.3 is 15.0 Å². The van der Waals surface area contributed by atoms with Crippen molar-refractivity contribution < 1.29 is 4.74 Å². The zero-order chi connectivity index (χ0) is 14.5. The van der Waals surface area contributed by atoms with Crippen LogP contribution < -0.4 is 15.0 Å². The first-order chi connectivity index (χ1) is 10.3. The Kier molecular flexibility index (Phi) is 4.29. The van der Waals surface area contributed by atoms with Gasteiger partial charge >= 0.3 is 0 Å². The molecule has 1 N–H and O–H groups in total. The van der Waals surface area contributed by atoms with Crippen LogP contribution in [0.4, 0.5) is 11.4 Å². The summed E-state index contributed by atoms with van der Waals surface area (Å²) in [5.41, 5.74) is 3.71. The molecule has 1 fully saturated rings. The Morgan fingerprint density at radius 3 is 2.67 bits per heavy atom. The predicted molar refractivity (Wildman–Crippen MR) is 88.2 cm³/mol. The Labute approximate surface area is 126 Å². The second kappa shape index (κ2) is 6.53. The van der Waals surface area contributed by atoms with E-state index in [1.807, 2.05) is 12.1 Å². The van der Waals surface area contributed by atoms with Crippen molar-refractivity contribution in [3.63, 3.8) is 0 Å². The minimum absolute atomic E-state index is 0.806. The summed E-state index contributed by atoms with van der Waals surface area (Å²) in [6, 6.07) is 16.9. The van der Waals surface area contributed by atoms with Gasteiger partial charge in [-0.25, -0.2) is 0 Å². The van der Waals surface area contributed by atoms with Gasteiger partial charge in [0.1, 0.15) is 5.75 Å². The number of hydrogen-bond donors (Lipinski definition) is 1. The highest BCUT2D eigenvalue weighted by Gasteiger charge is 2.12. The van der Waals surface area contributed by atoms with E-state index < -0.39 is 0 Å². The van der Waals surface area contributed by atoms with Crippen LogP contribution in [-0.2, 0) is 6.54 Å². The molecule has 0 spiro atoms. The van der Waals surface area contributed by atoms with Crippen molar-refractivity contribution in [2.45, 2.75) is 19.4 Å². The maximum atomic E-state index is 5.26. The Hall–Kier alpha value is -2.16. The Bertz CT molecular complexity index is 591. The highest BCUT2D eigenvalue weighted by Crippen LogP contribution is 2.23. The van der Waals surface area contributed by atoms with Gasteiger partial charge in [-0.3, -0.25) is 0 Å². The number of hydrogen-bond acceptors (Lipinski definition) is 3. The SMILES string of the molecule is COc1cccc(CNc2cccc(N3CCCC3)c2)c1. The molecule has 0 unspecified atom stereocenters. The van der Waals surface area contributed by atoms with Gasteiger partial charge in [-0.15, -0.1) is 0 Å². The van der Waals surface area contributed by atoms with E-state index in [4.69, 9.17) is 4.74 Å².